The van der Waals surface area contributed by atoms with Crippen molar-refractivity contribution in [2.45, 2.75) is 24.8 Å². The van der Waals surface area contributed by atoms with E-state index in [-0.39, 0.29) is 18.0 Å². The number of aliphatic carboxylic acids is 1. The summed E-state index contributed by atoms with van der Waals surface area (Å²) in [5.74, 6) is -1.50. The second-order valence-electron chi connectivity index (χ2n) is 5.98. The molecule has 0 aliphatic carbocycles. The summed E-state index contributed by atoms with van der Waals surface area (Å²) < 4.78 is 28.9. The molecule has 0 radical (unpaired) electrons. The van der Waals surface area contributed by atoms with Gasteiger partial charge in [0, 0.05) is 13.6 Å². The smallest absolute Gasteiger partial charge is 0.306 e. The maximum atomic E-state index is 13.1. The van der Waals surface area contributed by atoms with E-state index >= 15 is 0 Å². The van der Waals surface area contributed by atoms with Crippen LogP contribution < -0.4 is 4.31 Å². The van der Waals surface area contributed by atoms with Crippen molar-refractivity contribution in [1.29, 1.82) is 0 Å². The van der Waals surface area contributed by atoms with Crippen molar-refractivity contribution in [3.8, 4) is 0 Å². The molecule has 0 fully saturated rings. The minimum atomic E-state index is -3.82. The molecule has 3 rings (SSSR count). The molecule has 8 heteroatoms. The van der Waals surface area contributed by atoms with Gasteiger partial charge in [-0.05, 0) is 37.5 Å². The number of benzene rings is 1. The van der Waals surface area contributed by atoms with E-state index in [9.17, 15) is 18.3 Å². The largest absolute Gasteiger partial charge is 0.481 e. The zero-order valence-corrected chi connectivity index (χ0v) is 14.3. The van der Waals surface area contributed by atoms with Gasteiger partial charge in [0.1, 0.15) is 0 Å². The van der Waals surface area contributed by atoms with Crippen LogP contribution in [0.2, 0.25) is 0 Å². The lowest BCUT2D eigenvalue weighted by molar-refractivity contribution is -0.141. The number of sulfonamides is 1. The number of aromatic nitrogens is 2. The Morgan fingerprint density at radius 3 is 2.67 bits per heavy atom. The van der Waals surface area contributed by atoms with Gasteiger partial charge in [0.2, 0.25) is 0 Å². The minimum absolute atomic E-state index is 0.101. The Morgan fingerprint density at radius 1 is 1.33 bits per heavy atom. The van der Waals surface area contributed by atoms with Gasteiger partial charge in [-0.2, -0.15) is 13.5 Å². The molecular formula is C16H19N3O4S. The van der Waals surface area contributed by atoms with Crippen LogP contribution in [0.25, 0.3) is 0 Å². The Kier molecular flexibility index (Phi) is 4.08. The summed E-state index contributed by atoms with van der Waals surface area (Å²) in [5, 5.41) is 13.6. The van der Waals surface area contributed by atoms with E-state index in [1.54, 1.807) is 38.2 Å². The van der Waals surface area contributed by atoms with Crippen molar-refractivity contribution in [2.24, 2.45) is 13.0 Å². The van der Waals surface area contributed by atoms with Crippen LogP contribution in [-0.2, 0) is 28.3 Å². The quantitative estimate of drug-likeness (QED) is 0.908. The third-order valence-corrected chi connectivity index (χ3v) is 6.14. The van der Waals surface area contributed by atoms with Gasteiger partial charge >= 0.3 is 5.97 Å². The molecule has 2 heterocycles. The number of hydrogen-bond donors (Lipinski definition) is 1. The second kappa shape index (κ2) is 5.94. The lowest BCUT2D eigenvalue weighted by Crippen LogP contribution is -2.33. The third kappa shape index (κ3) is 2.77. The Balaban J connectivity index is 2.11. The van der Waals surface area contributed by atoms with Gasteiger partial charge in [-0.25, -0.2) is 0 Å². The van der Waals surface area contributed by atoms with Gasteiger partial charge in [0.05, 0.1) is 17.3 Å². The predicted octanol–water partition coefficient (Wildman–Crippen LogP) is 1.57. The molecule has 7 nitrogen and oxygen atoms in total. The van der Waals surface area contributed by atoms with Crippen LogP contribution in [0, 0.1) is 12.8 Å². The number of nitrogens with zero attached hydrogens (tertiary/aromatic N) is 3. The number of aryl methyl sites for hydroxylation is 2. The van der Waals surface area contributed by atoms with Crippen molar-refractivity contribution < 1.29 is 18.3 Å². The minimum Gasteiger partial charge on any atom is -0.481 e. The molecular weight excluding hydrogens is 330 g/mol. The summed E-state index contributed by atoms with van der Waals surface area (Å²) in [4.78, 5) is 11.4. The number of para-hydroxylation sites is 1. The molecule has 1 aromatic carbocycles. The van der Waals surface area contributed by atoms with E-state index in [1.807, 2.05) is 0 Å². The van der Waals surface area contributed by atoms with Crippen molar-refractivity contribution in [3.05, 3.63) is 41.6 Å². The topological polar surface area (TPSA) is 92.5 Å². The Morgan fingerprint density at radius 2 is 2.04 bits per heavy atom. The van der Waals surface area contributed by atoms with E-state index in [1.165, 1.54) is 15.1 Å². The van der Waals surface area contributed by atoms with Crippen molar-refractivity contribution in [3.63, 3.8) is 0 Å². The summed E-state index contributed by atoms with van der Waals surface area (Å²) in [6.07, 6.45) is 0.585. The molecule has 1 aromatic heterocycles. The number of fused-ring (bicyclic) bond motifs is 1. The lowest BCUT2D eigenvalue weighted by atomic mass is 9.97. The zero-order valence-electron chi connectivity index (χ0n) is 13.5. The SMILES string of the molecule is Cc1cc(S(=O)(=O)N2CCC(C(=O)O)Cc3ccccc32)n(C)n1. The molecule has 128 valence electrons. The molecule has 1 unspecified atom stereocenters. The molecule has 1 atom stereocenters. The first-order valence-electron chi connectivity index (χ1n) is 7.65. The number of rotatable bonds is 3. The Bertz CT molecular complexity index is 888. The van der Waals surface area contributed by atoms with E-state index in [4.69, 9.17) is 0 Å². The second-order valence-corrected chi connectivity index (χ2v) is 7.79. The number of anilines is 1. The molecule has 1 aliphatic heterocycles. The van der Waals surface area contributed by atoms with Crippen LogP contribution in [0.15, 0.2) is 35.4 Å². The van der Waals surface area contributed by atoms with Crippen molar-refractivity contribution >= 4 is 21.7 Å². The van der Waals surface area contributed by atoms with Crippen LogP contribution in [0.1, 0.15) is 17.7 Å². The van der Waals surface area contributed by atoms with E-state index < -0.39 is 21.9 Å². The molecule has 1 N–H and O–H groups in total. The molecule has 0 spiro atoms. The fourth-order valence-corrected chi connectivity index (χ4v) is 4.79. The monoisotopic (exact) mass is 349 g/mol. The number of carboxylic acids is 1. The highest BCUT2D eigenvalue weighted by Gasteiger charge is 2.34. The van der Waals surface area contributed by atoms with Crippen molar-refractivity contribution in [1.82, 2.24) is 9.78 Å². The summed E-state index contributed by atoms with van der Waals surface area (Å²) >= 11 is 0. The van der Waals surface area contributed by atoms with Gasteiger partial charge < -0.3 is 5.11 Å². The van der Waals surface area contributed by atoms with Crippen molar-refractivity contribution in [2.75, 3.05) is 10.8 Å². The van der Waals surface area contributed by atoms with Gasteiger partial charge in [-0.15, -0.1) is 0 Å². The zero-order chi connectivity index (χ0) is 17.5. The average Bonchev–Trinajstić information content (AvgIpc) is 2.76. The average molecular weight is 349 g/mol. The fourth-order valence-electron chi connectivity index (χ4n) is 3.09. The maximum Gasteiger partial charge on any atom is 0.306 e. The van der Waals surface area contributed by atoms with Gasteiger partial charge in [0.15, 0.2) is 5.03 Å². The van der Waals surface area contributed by atoms with E-state index in [0.29, 0.717) is 17.8 Å². The summed E-state index contributed by atoms with van der Waals surface area (Å²) in [5.41, 5.74) is 1.88. The summed E-state index contributed by atoms with van der Waals surface area (Å²) in [7, 11) is -2.23. The highest BCUT2D eigenvalue weighted by molar-refractivity contribution is 7.92. The number of hydrogen-bond acceptors (Lipinski definition) is 4. The predicted molar refractivity (Wildman–Crippen MR) is 88.4 cm³/mol. The molecule has 0 saturated heterocycles. The van der Waals surface area contributed by atoms with Gasteiger partial charge in [0.25, 0.3) is 10.0 Å². The normalized spacial score (nSPS) is 18.1. The van der Waals surface area contributed by atoms with E-state index in [0.717, 1.165) is 5.56 Å². The molecule has 0 amide bonds. The molecule has 1 aliphatic rings. The number of carbonyl (C=O) groups is 1. The third-order valence-electron chi connectivity index (χ3n) is 4.27. The molecule has 24 heavy (non-hydrogen) atoms. The standard InChI is InChI=1S/C16H19N3O4S/c1-11-9-15(18(2)17-11)24(22,23)19-8-7-13(16(20)21)10-12-5-3-4-6-14(12)19/h3-6,9,13H,7-8,10H2,1-2H3,(H,20,21). The number of carboxylic acid groups (broad SMARTS) is 1. The van der Waals surface area contributed by atoms with Crippen LogP contribution in [-0.4, -0.2) is 35.8 Å². The Hall–Kier alpha value is -2.35. The molecule has 2 aromatic rings. The van der Waals surface area contributed by atoms with Crippen LogP contribution >= 0.6 is 0 Å². The summed E-state index contributed by atoms with van der Waals surface area (Å²) in [6, 6.07) is 8.59. The first-order chi connectivity index (χ1) is 11.3. The Labute approximate surface area is 140 Å². The first kappa shape index (κ1) is 16.5. The van der Waals surface area contributed by atoms with Gasteiger partial charge in [-0.1, -0.05) is 18.2 Å². The molecule has 0 bridgehead atoms. The summed E-state index contributed by atoms with van der Waals surface area (Å²) in [6.45, 7) is 1.86. The first-order valence-corrected chi connectivity index (χ1v) is 9.09. The molecule has 0 saturated carbocycles. The van der Waals surface area contributed by atoms with Crippen LogP contribution in [0.3, 0.4) is 0 Å². The van der Waals surface area contributed by atoms with Crippen LogP contribution in [0.5, 0.6) is 0 Å². The lowest BCUT2D eigenvalue weighted by Gasteiger charge is -2.24. The van der Waals surface area contributed by atoms with Crippen LogP contribution in [0.4, 0.5) is 5.69 Å². The highest BCUT2D eigenvalue weighted by atomic mass is 32.2. The fraction of sp³-hybridized carbons (Fsp3) is 0.375. The van der Waals surface area contributed by atoms with E-state index in [2.05, 4.69) is 5.10 Å². The van der Waals surface area contributed by atoms with Gasteiger partial charge in [-0.3, -0.25) is 13.8 Å². The maximum absolute atomic E-state index is 13.1. The highest BCUT2D eigenvalue weighted by Crippen LogP contribution is 2.33.